The third kappa shape index (κ3) is 3.74. The van der Waals surface area contributed by atoms with E-state index in [-0.39, 0.29) is 12.5 Å². The lowest BCUT2D eigenvalue weighted by Gasteiger charge is -2.12. The van der Waals surface area contributed by atoms with Crippen LogP contribution in [0.25, 0.3) is 0 Å². The van der Waals surface area contributed by atoms with Crippen LogP contribution in [0.3, 0.4) is 0 Å². The van der Waals surface area contributed by atoms with Crippen LogP contribution < -0.4 is 20.5 Å². The van der Waals surface area contributed by atoms with Gasteiger partial charge in [0.05, 0.1) is 24.3 Å². The van der Waals surface area contributed by atoms with Crippen molar-refractivity contribution in [2.45, 2.75) is 6.54 Å². The van der Waals surface area contributed by atoms with Crippen LogP contribution in [-0.2, 0) is 11.3 Å². The Morgan fingerprint density at radius 1 is 1.41 bits per heavy atom. The number of amides is 1. The monoisotopic (exact) mass is 350 g/mol. The van der Waals surface area contributed by atoms with Gasteiger partial charge in [-0.3, -0.25) is 4.79 Å². The van der Waals surface area contributed by atoms with Crippen molar-refractivity contribution in [3.05, 3.63) is 21.3 Å². The minimum atomic E-state index is -0.192. The quantitative estimate of drug-likeness (QED) is 0.774. The maximum Gasteiger partial charge on any atom is 0.234 e. The van der Waals surface area contributed by atoms with Crippen LogP contribution in [0.5, 0.6) is 11.5 Å². The third-order valence-corrected chi connectivity index (χ3v) is 3.43. The Bertz CT molecular complexity index is 410. The van der Waals surface area contributed by atoms with Gasteiger partial charge in [-0.1, -0.05) is 0 Å². The summed E-state index contributed by atoms with van der Waals surface area (Å²) in [6.07, 6.45) is 0. The summed E-state index contributed by atoms with van der Waals surface area (Å²) in [4.78, 5) is 11.1. The number of methoxy groups -OCH3 is 2. The SMILES string of the molecule is COc1cc(CNC(=O)CN)c(I)c(OC)c1. The number of halogens is 1. The molecule has 1 rings (SSSR count). The lowest BCUT2D eigenvalue weighted by atomic mass is 10.2. The van der Waals surface area contributed by atoms with Gasteiger partial charge in [-0.15, -0.1) is 0 Å². The highest BCUT2D eigenvalue weighted by molar-refractivity contribution is 14.1. The standard InChI is InChI=1S/C11H15IN2O3/c1-16-8-3-7(6-14-10(15)5-13)11(12)9(4-8)17-2/h3-4H,5-6,13H2,1-2H3,(H,14,15). The van der Waals surface area contributed by atoms with E-state index in [4.69, 9.17) is 15.2 Å². The molecule has 1 amide bonds. The number of rotatable bonds is 5. The molecule has 0 atom stereocenters. The Morgan fingerprint density at radius 3 is 2.65 bits per heavy atom. The highest BCUT2D eigenvalue weighted by Crippen LogP contribution is 2.29. The van der Waals surface area contributed by atoms with Crippen molar-refractivity contribution in [2.24, 2.45) is 5.73 Å². The number of carbonyl (C=O) groups is 1. The first-order valence-electron chi connectivity index (χ1n) is 4.99. The zero-order chi connectivity index (χ0) is 12.8. The molecule has 6 heteroatoms. The van der Waals surface area contributed by atoms with Gasteiger partial charge in [0.25, 0.3) is 0 Å². The highest BCUT2D eigenvalue weighted by Gasteiger charge is 2.10. The number of carbonyl (C=O) groups excluding carboxylic acids is 1. The Morgan fingerprint density at radius 2 is 2.12 bits per heavy atom. The number of benzene rings is 1. The molecule has 0 radical (unpaired) electrons. The zero-order valence-corrected chi connectivity index (χ0v) is 11.9. The van der Waals surface area contributed by atoms with Crippen LogP contribution in [0.15, 0.2) is 12.1 Å². The summed E-state index contributed by atoms with van der Waals surface area (Å²) in [5, 5.41) is 2.71. The normalized spacial score (nSPS) is 9.88. The molecule has 0 aliphatic rings. The van der Waals surface area contributed by atoms with Gasteiger partial charge in [0, 0.05) is 12.6 Å². The molecule has 0 unspecified atom stereocenters. The zero-order valence-electron chi connectivity index (χ0n) is 9.75. The third-order valence-electron chi connectivity index (χ3n) is 2.21. The molecule has 94 valence electrons. The fraction of sp³-hybridized carbons (Fsp3) is 0.364. The van der Waals surface area contributed by atoms with Gasteiger partial charge < -0.3 is 20.5 Å². The minimum absolute atomic E-state index is 0.0162. The molecule has 5 nitrogen and oxygen atoms in total. The molecular weight excluding hydrogens is 335 g/mol. The van der Waals surface area contributed by atoms with E-state index in [9.17, 15) is 4.79 Å². The molecule has 3 N–H and O–H groups in total. The Kier molecular flexibility index (Phi) is 5.49. The Hall–Kier alpha value is -1.02. The average Bonchev–Trinajstić information content (AvgIpc) is 2.37. The van der Waals surface area contributed by atoms with Crippen LogP contribution >= 0.6 is 22.6 Å². The van der Waals surface area contributed by atoms with E-state index < -0.39 is 0 Å². The minimum Gasteiger partial charge on any atom is -0.497 e. The Balaban J connectivity index is 2.93. The smallest absolute Gasteiger partial charge is 0.234 e. The number of ether oxygens (including phenoxy) is 2. The molecule has 0 spiro atoms. The highest BCUT2D eigenvalue weighted by atomic mass is 127. The van der Waals surface area contributed by atoms with Gasteiger partial charge in [0.2, 0.25) is 5.91 Å². The molecule has 1 aromatic rings. The van der Waals surface area contributed by atoms with Crippen molar-refractivity contribution in [1.82, 2.24) is 5.32 Å². The van der Waals surface area contributed by atoms with Crippen molar-refractivity contribution >= 4 is 28.5 Å². The second kappa shape index (κ2) is 6.65. The first-order chi connectivity index (χ1) is 8.12. The number of hydrogen-bond donors (Lipinski definition) is 2. The summed E-state index contributed by atoms with van der Waals surface area (Å²) in [6.45, 7) is 0.388. The predicted octanol–water partition coefficient (Wildman–Crippen LogP) is 0.883. The van der Waals surface area contributed by atoms with Gasteiger partial charge in [-0.25, -0.2) is 0 Å². The van der Waals surface area contributed by atoms with Crippen LogP contribution in [0.2, 0.25) is 0 Å². The van der Waals surface area contributed by atoms with Crippen molar-refractivity contribution in [1.29, 1.82) is 0 Å². The fourth-order valence-electron chi connectivity index (χ4n) is 1.29. The van der Waals surface area contributed by atoms with Crippen molar-refractivity contribution in [2.75, 3.05) is 20.8 Å². The van der Waals surface area contributed by atoms with E-state index in [1.165, 1.54) is 0 Å². The predicted molar refractivity (Wildman–Crippen MR) is 73.2 cm³/mol. The van der Waals surface area contributed by atoms with Crippen molar-refractivity contribution < 1.29 is 14.3 Å². The summed E-state index contributed by atoms with van der Waals surface area (Å²) in [5.41, 5.74) is 6.16. The van der Waals surface area contributed by atoms with E-state index in [0.717, 1.165) is 14.9 Å². The van der Waals surface area contributed by atoms with Gasteiger partial charge >= 0.3 is 0 Å². The molecule has 0 bridgehead atoms. The molecule has 0 aliphatic carbocycles. The lowest BCUT2D eigenvalue weighted by molar-refractivity contribution is -0.119. The lowest BCUT2D eigenvalue weighted by Crippen LogP contribution is -2.30. The summed E-state index contributed by atoms with van der Waals surface area (Å²) in [5.74, 6) is 1.23. The van der Waals surface area contributed by atoms with Crippen molar-refractivity contribution in [3.63, 3.8) is 0 Å². The molecule has 0 fully saturated rings. The molecule has 0 aliphatic heterocycles. The van der Waals surface area contributed by atoms with Gasteiger partial charge in [0.1, 0.15) is 11.5 Å². The summed E-state index contributed by atoms with van der Waals surface area (Å²) >= 11 is 2.17. The van der Waals surface area contributed by atoms with E-state index in [1.807, 2.05) is 6.07 Å². The second-order valence-corrected chi connectivity index (χ2v) is 4.36. The summed E-state index contributed by atoms with van der Waals surface area (Å²) in [7, 11) is 3.18. The first-order valence-corrected chi connectivity index (χ1v) is 6.07. The van der Waals surface area contributed by atoms with Crippen LogP contribution in [0.4, 0.5) is 0 Å². The molecule has 0 heterocycles. The number of nitrogens with two attached hydrogens (primary N) is 1. The number of nitrogens with one attached hydrogen (secondary N) is 1. The fourth-order valence-corrected chi connectivity index (χ4v) is 2.01. The van der Waals surface area contributed by atoms with Gasteiger partial charge in [-0.05, 0) is 34.2 Å². The average molecular weight is 350 g/mol. The second-order valence-electron chi connectivity index (χ2n) is 3.28. The molecular formula is C11H15IN2O3. The van der Waals surface area contributed by atoms with Gasteiger partial charge in [0.15, 0.2) is 0 Å². The van der Waals surface area contributed by atoms with Crippen LogP contribution in [0, 0.1) is 3.57 Å². The Labute approximate surface area is 114 Å². The van der Waals surface area contributed by atoms with E-state index >= 15 is 0 Å². The maximum atomic E-state index is 11.1. The molecule has 0 aromatic heterocycles. The van der Waals surface area contributed by atoms with E-state index in [2.05, 4.69) is 27.9 Å². The van der Waals surface area contributed by atoms with E-state index in [0.29, 0.717) is 12.3 Å². The van der Waals surface area contributed by atoms with E-state index in [1.54, 1.807) is 20.3 Å². The molecule has 0 saturated heterocycles. The number of hydrogen-bond acceptors (Lipinski definition) is 4. The molecule has 1 aromatic carbocycles. The first kappa shape index (κ1) is 14.0. The largest absolute Gasteiger partial charge is 0.497 e. The van der Waals surface area contributed by atoms with Crippen LogP contribution in [0.1, 0.15) is 5.56 Å². The summed E-state index contributed by atoms with van der Waals surface area (Å²) < 4.78 is 11.3. The molecule has 0 saturated carbocycles. The van der Waals surface area contributed by atoms with Gasteiger partial charge in [-0.2, -0.15) is 0 Å². The summed E-state index contributed by atoms with van der Waals surface area (Å²) in [6, 6.07) is 3.66. The maximum absolute atomic E-state index is 11.1. The van der Waals surface area contributed by atoms with Crippen molar-refractivity contribution in [3.8, 4) is 11.5 Å². The topological polar surface area (TPSA) is 73.6 Å². The van der Waals surface area contributed by atoms with Crippen LogP contribution in [-0.4, -0.2) is 26.7 Å². The molecule has 17 heavy (non-hydrogen) atoms.